The zero-order chi connectivity index (χ0) is 9.84. The molecular formula is C9H15N3O. The summed E-state index contributed by atoms with van der Waals surface area (Å²) in [5, 5.41) is 3.97. The van der Waals surface area contributed by atoms with Crippen molar-refractivity contribution >= 4 is 5.78 Å². The molecule has 1 heterocycles. The number of ketones is 1. The summed E-state index contributed by atoms with van der Waals surface area (Å²) in [5.74, 6) is 1.52. The molecule has 1 rings (SSSR count). The summed E-state index contributed by atoms with van der Waals surface area (Å²) in [4.78, 5) is 14.9. The third-order valence-electron chi connectivity index (χ3n) is 1.97. The molecule has 0 bridgehead atoms. The predicted octanol–water partition coefficient (Wildman–Crippen LogP) is 0.973. The maximum absolute atomic E-state index is 10.8. The molecule has 0 saturated heterocycles. The molecule has 0 spiro atoms. The molecule has 72 valence electrons. The fourth-order valence-electron chi connectivity index (χ4n) is 1.38. The van der Waals surface area contributed by atoms with Crippen molar-refractivity contribution in [2.24, 2.45) is 13.0 Å². The molecule has 1 unspecified atom stereocenters. The summed E-state index contributed by atoms with van der Waals surface area (Å²) >= 11 is 0. The minimum absolute atomic E-state index is 0.231. The first-order valence-corrected chi connectivity index (χ1v) is 4.42. The molecule has 0 aliphatic heterocycles. The van der Waals surface area contributed by atoms with Gasteiger partial charge in [0.1, 0.15) is 17.9 Å². The summed E-state index contributed by atoms with van der Waals surface area (Å²) < 4.78 is 1.75. The van der Waals surface area contributed by atoms with Crippen molar-refractivity contribution in [3.63, 3.8) is 0 Å². The molecule has 13 heavy (non-hydrogen) atoms. The Morgan fingerprint density at radius 1 is 1.69 bits per heavy atom. The van der Waals surface area contributed by atoms with Gasteiger partial charge in [0.15, 0.2) is 0 Å². The molecule has 0 amide bonds. The van der Waals surface area contributed by atoms with E-state index in [0.29, 0.717) is 12.3 Å². The summed E-state index contributed by atoms with van der Waals surface area (Å²) in [5.41, 5.74) is 0. The van der Waals surface area contributed by atoms with Crippen LogP contribution in [0.1, 0.15) is 26.1 Å². The van der Waals surface area contributed by atoms with E-state index in [4.69, 9.17) is 0 Å². The van der Waals surface area contributed by atoms with Crippen LogP contribution >= 0.6 is 0 Å². The van der Waals surface area contributed by atoms with Crippen LogP contribution in [0, 0.1) is 5.92 Å². The summed E-state index contributed by atoms with van der Waals surface area (Å²) in [6.45, 7) is 3.67. The molecule has 0 aliphatic carbocycles. The Hall–Kier alpha value is -1.19. The number of hydrogen-bond donors (Lipinski definition) is 0. The van der Waals surface area contributed by atoms with E-state index in [2.05, 4.69) is 17.0 Å². The summed E-state index contributed by atoms with van der Waals surface area (Å²) in [6, 6.07) is 0. The SMILES string of the molecule is CC(=O)CC(C)Cc1ncnn1C. The first-order valence-electron chi connectivity index (χ1n) is 4.42. The van der Waals surface area contributed by atoms with Crippen LogP contribution in [0.25, 0.3) is 0 Å². The van der Waals surface area contributed by atoms with Crippen molar-refractivity contribution in [3.8, 4) is 0 Å². The Morgan fingerprint density at radius 2 is 2.38 bits per heavy atom. The Bertz CT molecular complexity index is 293. The quantitative estimate of drug-likeness (QED) is 0.695. The van der Waals surface area contributed by atoms with Crippen molar-refractivity contribution in [2.75, 3.05) is 0 Å². The molecule has 0 aromatic carbocycles. The van der Waals surface area contributed by atoms with Crippen molar-refractivity contribution in [2.45, 2.75) is 26.7 Å². The molecule has 4 nitrogen and oxygen atoms in total. The lowest BCUT2D eigenvalue weighted by molar-refractivity contribution is -0.117. The highest BCUT2D eigenvalue weighted by Gasteiger charge is 2.09. The predicted molar refractivity (Wildman–Crippen MR) is 49.2 cm³/mol. The summed E-state index contributed by atoms with van der Waals surface area (Å²) in [6.07, 6.45) is 2.97. The Labute approximate surface area is 78.0 Å². The molecule has 0 N–H and O–H groups in total. The van der Waals surface area contributed by atoms with Crippen molar-refractivity contribution in [3.05, 3.63) is 12.2 Å². The number of aryl methyl sites for hydroxylation is 1. The van der Waals surface area contributed by atoms with Gasteiger partial charge in [-0.05, 0) is 12.8 Å². The highest BCUT2D eigenvalue weighted by molar-refractivity contribution is 5.75. The van der Waals surface area contributed by atoms with Gasteiger partial charge in [-0.2, -0.15) is 5.10 Å². The Morgan fingerprint density at radius 3 is 2.85 bits per heavy atom. The Balaban J connectivity index is 2.49. The molecule has 4 heteroatoms. The molecule has 0 aliphatic rings. The van der Waals surface area contributed by atoms with Gasteiger partial charge < -0.3 is 4.79 Å². The monoisotopic (exact) mass is 181 g/mol. The minimum Gasteiger partial charge on any atom is -0.300 e. The standard InChI is InChI=1S/C9H15N3O/c1-7(4-8(2)13)5-9-10-6-11-12(9)3/h6-7H,4-5H2,1-3H3. The zero-order valence-electron chi connectivity index (χ0n) is 8.32. The van der Waals surface area contributed by atoms with Gasteiger partial charge in [-0.25, -0.2) is 4.98 Å². The molecule has 0 fully saturated rings. The van der Waals surface area contributed by atoms with Gasteiger partial charge in [0.05, 0.1) is 0 Å². The molecule has 1 aromatic heterocycles. The van der Waals surface area contributed by atoms with Crippen molar-refractivity contribution in [1.82, 2.24) is 14.8 Å². The second kappa shape index (κ2) is 4.16. The summed E-state index contributed by atoms with van der Waals surface area (Å²) in [7, 11) is 1.86. The number of hydrogen-bond acceptors (Lipinski definition) is 3. The van der Waals surface area contributed by atoms with Crippen LogP contribution < -0.4 is 0 Å². The van der Waals surface area contributed by atoms with Crippen LogP contribution in [-0.4, -0.2) is 20.5 Å². The number of carbonyl (C=O) groups excluding carboxylic acids is 1. The second-order valence-corrected chi connectivity index (χ2v) is 3.52. The first kappa shape index (κ1) is 9.89. The third kappa shape index (κ3) is 2.97. The van der Waals surface area contributed by atoms with Crippen LogP contribution in [0.2, 0.25) is 0 Å². The average Bonchev–Trinajstić information content (AvgIpc) is 2.34. The Kier molecular flexibility index (Phi) is 3.17. The van der Waals surface area contributed by atoms with E-state index in [9.17, 15) is 4.79 Å². The first-order chi connectivity index (χ1) is 6.09. The lowest BCUT2D eigenvalue weighted by Gasteiger charge is -2.07. The van der Waals surface area contributed by atoms with Gasteiger partial charge in [-0.15, -0.1) is 0 Å². The maximum Gasteiger partial charge on any atom is 0.138 e. The van der Waals surface area contributed by atoms with Crippen LogP contribution in [0.15, 0.2) is 6.33 Å². The van der Waals surface area contributed by atoms with Gasteiger partial charge in [0.25, 0.3) is 0 Å². The van der Waals surface area contributed by atoms with E-state index in [1.807, 2.05) is 7.05 Å². The number of aromatic nitrogens is 3. The van der Waals surface area contributed by atoms with Gasteiger partial charge in [-0.3, -0.25) is 4.68 Å². The molecular weight excluding hydrogens is 166 g/mol. The minimum atomic E-state index is 0.231. The highest BCUT2D eigenvalue weighted by atomic mass is 16.1. The third-order valence-corrected chi connectivity index (χ3v) is 1.97. The van der Waals surface area contributed by atoms with Crippen LogP contribution in [0.4, 0.5) is 0 Å². The van der Waals surface area contributed by atoms with E-state index in [1.54, 1.807) is 11.6 Å². The largest absolute Gasteiger partial charge is 0.300 e. The maximum atomic E-state index is 10.8. The molecule has 1 atom stereocenters. The molecule has 0 radical (unpaired) electrons. The molecule has 1 aromatic rings. The van der Waals surface area contributed by atoms with E-state index < -0.39 is 0 Å². The smallest absolute Gasteiger partial charge is 0.138 e. The van der Waals surface area contributed by atoms with Crippen LogP contribution in [0.3, 0.4) is 0 Å². The van der Waals surface area contributed by atoms with E-state index in [1.165, 1.54) is 6.33 Å². The fourth-order valence-corrected chi connectivity index (χ4v) is 1.38. The number of rotatable bonds is 4. The number of Topliss-reactive ketones (excluding diaryl/α,β-unsaturated/α-hetero) is 1. The second-order valence-electron chi connectivity index (χ2n) is 3.52. The van der Waals surface area contributed by atoms with Gasteiger partial charge in [0, 0.05) is 19.9 Å². The zero-order valence-corrected chi connectivity index (χ0v) is 8.32. The van der Waals surface area contributed by atoms with Gasteiger partial charge >= 0.3 is 0 Å². The fraction of sp³-hybridized carbons (Fsp3) is 0.667. The number of nitrogens with zero attached hydrogens (tertiary/aromatic N) is 3. The van der Waals surface area contributed by atoms with Gasteiger partial charge in [-0.1, -0.05) is 6.92 Å². The highest BCUT2D eigenvalue weighted by Crippen LogP contribution is 2.08. The topological polar surface area (TPSA) is 47.8 Å². The normalized spacial score (nSPS) is 12.8. The van der Waals surface area contributed by atoms with Crippen LogP contribution in [-0.2, 0) is 18.3 Å². The lowest BCUT2D eigenvalue weighted by Crippen LogP contribution is -2.09. The molecule has 0 saturated carbocycles. The van der Waals surface area contributed by atoms with E-state index in [-0.39, 0.29) is 5.78 Å². The van der Waals surface area contributed by atoms with Crippen molar-refractivity contribution in [1.29, 1.82) is 0 Å². The lowest BCUT2D eigenvalue weighted by atomic mass is 10.0. The van der Waals surface area contributed by atoms with Gasteiger partial charge in [0.2, 0.25) is 0 Å². The van der Waals surface area contributed by atoms with Crippen LogP contribution in [0.5, 0.6) is 0 Å². The van der Waals surface area contributed by atoms with Crippen molar-refractivity contribution < 1.29 is 4.79 Å². The van der Waals surface area contributed by atoms with E-state index in [0.717, 1.165) is 12.2 Å². The number of carbonyl (C=O) groups is 1. The van der Waals surface area contributed by atoms with E-state index >= 15 is 0 Å². The average molecular weight is 181 g/mol.